The number of hydrogen-bond donors (Lipinski definition) is 0. The molecule has 1 aromatic heterocycles. The van der Waals surface area contributed by atoms with E-state index in [1.807, 2.05) is 31.2 Å². The van der Waals surface area contributed by atoms with E-state index in [2.05, 4.69) is 33.9 Å². The SMILES string of the molecule is CCN(c1ccccc1)c1cc(C)nc(Cl)n1. The standard InChI is InChI=1S/C13H14ClN3/c1-3-17(11-7-5-4-6-8-11)12-9-10(2)15-13(14)16-12/h4-9H,3H2,1-2H3. The van der Waals surface area contributed by atoms with Crippen LogP contribution in [0.4, 0.5) is 11.5 Å². The minimum atomic E-state index is 0.286. The molecule has 3 nitrogen and oxygen atoms in total. The van der Waals surface area contributed by atoms with Gasteiger partial charge in [-0.05, 0) is 37.6 Å². The summed E-state index contributed by atoms with van der Waals surface area (Å²) in [7, 11) is 0. The molecular weight excluding hydrogens is 234 g/mol. The highest BCUT2D eigenvalue weighted by Crippen LogP contribution is 2.24. The van der Waals surface area contributed by atoms with Crippen molar-refractivity contribution in [2.75, 3.05) is 11.4 Å². The first-order valence-corrected chi connectivity index (χ1v) is 5.92. The number of anilines is 2. The molecule has 0 bridgehead atoms. The molecule has 1 heterocycles. The number of aryl methyl sites for hydroxylation is 1. The predicted octanol–water partition coefficient (Wildman–Crippen LogP) is 3.60. The quantitative estimate of drug-likeness (QED) is 0.776. The summed E-state index contributed by atoms with van der Waals surface area (Å²) in [6.45, 7) is 4.82. The molecular formula is C13H14ClN3. The van der Waals surface area contributed by atoms with Crippen molar-refractivity contribution in [3.8, 4) is 0 Å². The number of para-hydroxylation sites is 1. The zero-order valence-corrected chi connectivity index (χ0v) is 10.6. The molecule has 0 amide bonds. The molecule has 0 saturated carbocycles. The Bertz CT molecular complexity index is 479. The molecule has 1 aromatic carbocycles. The smallest absolute Gasteiger partial charge is 0.224 e. The Morgan fingerprint density at radius 3 is 2.47 bits per heavy atom. The molecule has 4 heteroatoms. The molecule has 2 aromatic rings. The minimum Gasteiger partial charge on any atom is -0.327 e. The third-order valence-electron chi connectivity index (χ3n) is 2.47. The summed E-state index contributed by atoms with van der Waals surface area (Å²) in [5, 5.41) is 0.286. The molecule has 0 aliphatic carbocycles. The van der Waals surface area contributed by atoms with Gasteiger partial charge in [0, 0.05) is 24.0 Å². The molecule has 0 atom stereocenters. The third-order valence-corrected chi connectivity index (χ3v) is 2.64. The summed E-state index contributed by atoms with van der Waals surface area (Å²) in [4.78, 5) is 10.4. The van der Waals surface area contributed by atoms with Crippen molar-refractivity contribution in [3.05, 3.63) is 47.4 Å². The van der Waals surface area contributed by atoms with Gasteiger partial charge in [0.25, 0.3) is 0 Å². The third kappa shape index (κ3) is 2.74. The van der Waals surface area contributed by atoms with E-state index in [4.69, 9.17) is 11.6 Å². The van der Waals surface area contributed by atoms with E-state index in [1.54, 1.807) is 0 Å². The van der Waals surface area contributed by atoms with Gasteiger partial charge in [-0.2, -0.15) is 0 Å². The maximum Gasteiger partial charge on any atom is 0.224 e. The fourth-order valence-electron chi connectivity index (χ4n) is 1.74. The Hall–Kier alpha value is -1.61. The minimum absolute atomic E-state index is 0.286. The van der Waals surface area contributed by atoms with Crippen LogP contribution in [0.25, 0.3) is 0 Å². The van der Waals surface area contributed by atoms with Gasteiger partial charge in [-0.3, -0.25) is 0 Å². The zero-order valence-electron chi connectivity index (χ0n) is 9.89. The number of halogens is 1. The molecule has 0 saturated heterocycles. The summed E-state index contributed by atoms with van der Waals surface area (Å²) in [6, 6.07) is 12.0. The van der Waals surface area contributed by atoms with Crippen LogP contribution in [0.15, 0.2) is 36.4 Å². The lowest BCUT2D eigenvalue weighted by molar-refractivity contribution is 0.966. The van der Waals surface area contributed by atoms with Gasteiger partial charge in [-0.15, -0.1) is 0 Å². The van der Waals surface area contributed by atoms with Crippen molar-refractivity contribution in [3.63, 3.8) is 0 Å². The van der Waals surface area contributed by atoms with Crippen LogP contribution in [0, 0.1) is 6.92 Å². The van der Waals surface area contributed by atoms with Crippen LogP contribution in [0.5, 0.6) is 0 Å². The van der Waals surface area contributed by atoms with Crippen molar-refractivity contribution in [1.29, 1.82) is 0 Å². The Balaban J connectivity index is 2.42. The molecule has 88 valence electrons. The van der Waals surface area contributed by atoms with Crippen molar-refractivity contribution in [2.45, 2.75) is 13.8 Å². The van der Waals surface area contributed by atoms with Crippen LogP contribution in [-0.2, 0) is 0 Å². The molecule has 0 fully saturated rings. The van der Waals surface area contributed by atoms with Gasteiger partial charge < -0.3 is 4.90 Å². The zero-order chi connectivity index (χ0) is 12.3. The molecule has 0 spiro atoms. The second kappa shape index (κ2) is 5.15. The normalized spacial score (nSPS) is 10.3. The summed E-state index contributed by atoms with van der Waals surface area (Å²) in [6.07, 6.45) is 0. The number of nitrogens with zero attached hydrogens (tertiary/aromatic N) is 3. The number of benzene rings is 1. The van der Waals surface area contributed by atoms with Gasteiger partial charge in [0.05, 0.1) is 0 Å². The summed E-state index contributed by atoms with van der Waals surface area (Å²) in [5.41, 5.74) is 1.97. The van der Waals surface area contributed by atoms with E-state index in [-0.39, 0.29) is 5.28 Å². The van der Waals surface area contributed by atoms with Gasteiger partial charge in [-0.25, -0.2) is 9.97 Å². The van der Waals surface area contributed by atoms with E-state index in [9.17, 15) is 0 Å². The summed E-state index contributed by atoms with van der Waals surface area (Å²) in [5.74, 6) is 0.830. The first-order chi connectivity index (χ1) is 8.20. The molecule has 0 unspecified atom stereocenters. The van der Waals surface area contributed by atoms with Crippen LogP contribution in [0.3, 0.4) is 0 Å². The molecule has 0 aliphatic heterocycles. The van der Waals surface area contributed by atoms with E-state index in [1.165, 1.54) is 0 Å². The van der Waals surface area contributed by atoms with E-state index in [0.29, 0.717) is 0 Å². The van der Waals surface area contributed by atoms with Crippen LogP contribution in [0.1, 0.15) is 12.6 Å². The van der Waals surface area contributed by atoms with Crippen molar-refractivity contribution < 1.29 is 0 Å². The lowest BCUT2D eigenvalue weighted by atomic mass is 10.3. The Morgan fingerprint density at radius 1 is 1.18 bits per heavy atom. The largest absolute Gasteiger partial charge is 0.327 e. The van der Waals surface area contributed by atoms with E-state index < -0.39 is 0 Å². The number of aromatic nitrogens is 2. The monoisotopic (exact) mass is 247 g/mol. The average molecular weight is 248 g/mol. The first-order valence-electron chi connectivity index (χ1n) is 5.54. The van der Waals surface area contributed by atoms with Crippen LogP contribution in [0.2, 0.25) is 5.28 Å². The highest BCUT2D eigenvalue weighted by atomic mass is 35.5. The van der Waals surface area contributed by atoms with Crippen molar-refractivity contribution in [2.24, 2.45) is 0 Å². The Labute approximate surface area is 106 Å². The van der Waals surface area contributed by atoms with E-state index in [0.717, 1.165) is 23.7 Å². The molecule has 0 N–H and O–H groups in total. The van der Waals surface area contributed by atoms with Gasteiger partial charge in [0.2, 0.25) is 5.28 Å². The topological polar surface area (TPSA) is 29.0 Å². The highest BCUT2D eigenvalue weighted by molar-refractivity contribution is 6.28. The van der Waals surface area contributed by atoms with Crippen LogP contribution < -0.4 is 4.90 Å². The van der Waals surface area contributed by atoms with Gasteiger partial charge in [0.1, 0.15) is 5.82 Å². The lowest BCUT2D eigenvalue weighted by Crippen LogP contribution is -2.17. The van der Waals surface area contributed by atoms with Crippen molar-refractivity contribution >= 4 is 23.1 Å². The number of rotatable bonds is 3. The second-order valence-electron chi connectivity index (χ2n) is 3.72. The number of hydrogen-bond acceptors (Lipinski definition) is 3. The maximum atomic E-state index is 5.89. The molecule has 0 aliphatic rings. The van der Waals surface area contributed by atoms with Gasteiger partial charge >= 0.3 is 0 Å². The fraction of sp³-hybridized carbons (Fsp3) is 0.231. The molecule has 0 radical (unpaired) electrons. The molecule has 17 heavy (non-hydrogen) atoms. The Kier molecular flexibility index (Phi) is 3.59. The summed E-state index contributed by atoms with van der Waals surface area (Å²) < 4.78 is 0. The fourth-order valence-corrected chi connectivity index (χ4v) is 1.96. The highest BCUT2D eigenvalue weighted by Gasteiger charge is 2.09. The molecule has 2 rings (SSSR count). The van der Waals surface area contributed by atoms with E-state index >= 15 is 0 Å². The predicted molar refractivity (Wildman–Crippen MR) is 70.9 cm³/mol. The van der Waals surface area contributed by atoms with Gasteiger partial charge in [0.15, 0.2) is 0 Å². The van der Waals surface area contributed by atoms with Crippen LogP contribution >= 0.6 is 11.6 Å². The van der Waals surface area contributed by atoms with Gasteiger partial charge in [-0.1, -0.05) is 18.2 Å². The van der Waals surface area contributed by atoms with Crippen LogP contribution in [-0.4, -0.2) is 16.5 Å². The summed E-state index contributed by atoms with van der Waals surface area (Å²) >= 11 is 5.89. The van der Waals surface area contributed by atoms with Crippen molar-refractivity contribution in [1.82, 2.24) is 9.97 Å². The Morgan fingerprint density at radius 2 is 1.88 bits per heavy atom. The second-order valence-corrected chi connectivity index (χ2v) is 4.05. The maximum absolute atomic E-state index is 5.89. The lowest BCUT2D eigenvalue weighted by Gasteiger charge is -2.22. The first kappa shape index (κ1) is 11.9. The average Bonchev–Trinajstić information content (AvgIpc) is 2.30.